The van der Waals surface area contributed by atoms with Crippen molar-refractivity contribution in [3.05, 3.63) is 17.7 Å². The largest absolute Gasteiger partial charge is 0.461 e. The molecule has 0 radical (unpaired) electrons. The van der Waals surface area contributed by atoms with Crippen LogP contribution in [0.15, 0.2) is 6.20 Å². The van der Waals surface area contributed by atoms with Crippen molar-refractivity contribution >= 4 is 23.3 Å². The lowest BCUT2D eigenvalue weighted by atomic mass is 10.4. The summed E-state index contributed by atoms with van der Waals surface area (Å²) in [6.45, 7) is 3.95. The summed E-state index contributed by atoms with van der Waals surface area (Å²) < 4.78 is 10.4. The van der Waals surface area contributed by atoms with Crippen LogP contribution < -0.4 is 5.73 Å². The molecule has 0 aromatic carbocycles. The van der Waals surface area contributed by atoms with Gasteiger partial charge in [-0.2, -0.15) is 0 Å². The highest BCUT2D eigenvalue weighted by atomic mass is 32.1. The Morgan fingerprint density at radius 1 is 1.56 bits per heavy atom. The Hall–Kier alpha value is -1.96. The first kappa shape index (κ1) is 12.5. The van der Waals surface area contributed by atoms with E-state index in [0.717, 1.165) is 5.00 Å². The average molecular weight is 267 g/mol. The van der Waals surface area contributed by atoms with Gasteiger partial charge in [-0.1, -0.05) is 11.4 Å². The lowest BCUT2D eigenvalue weighted by Crippen LogP contribution is -2.09. The van der Waals surface area contributed by atoms with Crippen LogP contribution in [-0.4, -0.2) is 31.7 Å². The molecule has 0 amide bonds. The van der Waals surface area contributed by atoms with Crippen molar-refractivity contribution in [2.75, 3.05) is 12.3 Å². The molecule has 0 atom stereocenters. The van der Waals surface area contributed by atoms with Gasteiger partial charge in [0.1, 0.15) is 16.6 Å². The Labute approximate surface area is 108 Å². The number of carbonyl (C=O) groups is 1. The van der Waals surface area contributed by atoms with Crippen molar-refractivity contribution in [2.24, 2.45) is 0 Å². The van der Waals surface area contributed by atoms with E-state index in [9.17, 15) is 4.79 Å². The van der Waals surface area contributed by atoms with Crippen molar-refractivity contribution in [3.8, 4) is 5.00 Å². The Morgan fingerprint density at radius 3 is 2.89 bits per heavy atom. The summed E-state index contributed by atoms with van der Waals surface area (Å²) in [7, 11) is 0. The molecule has 18 heavy (non-hydrogen) atoms. The number of nitrogens with two attached hydrogens (primary N) is 1. The first-order valence-corrected chi connectivity index (χ1v) is 6.28. The van der Waals surface area contributed by atoms with Gasteiger partial charge in [-0.25, -0.2) is 9.78 Å². The molecule has 2 rings (SSSR count). The molecule has 0 spiro atoms. The van der Waals surface area contributed by atoms with Gasteiger partial charge < -0.3 is 10.5 Å². The Kier molecular flexibility index (Phi) is 3.56. The van der Waals surface area contributed by atoms with Gasteiger partial charge in [0.15, 0.2) is 5.69 Å². The Morgan fingerprint density at radius 2 is 2.33 bits per heavy atom. The third kappa shape index (κ3) is 2.06. The van der Waals surface area contributed by atoms with Gasteiger partial charge in [0.2, 0.25) is 0 Å². The number of aryl methyl sites for hydroxylation is 1. The number of anilines is 1. The highest BCUT2D eigenvalue weighted by molar-refractivity contribution is 7.08. The maximum absolute atomic E-state index is 11.7. The molecule has 8 heteroatoms. The zero-order chi connectivity index (χ0) is 13.1. The van der Waals surface area contributed by atoms with Gasteiger partial charge in [-0.3, -0.25) is 4.57 Å². The number of rotatable bonds is 4. The highest BCUT2D eigenvalue weighted by Crippen LogP contribution is 2.23. The number of hydrogen-bond acceptors (Lipinski definition) is 7. The predicted molar refractivity (Wildman–Crippen MR) is 66.8 cm³/mol. The van der Waals surface area contributed by atoms with Crippen LogP contribution in [0.25, 0.3) is 5.00 Å². The lowest BCUT2D eigenvalue weighted by molar-refractivity contribution is 0.0521. The molecule has 7 nitrogen and oxygen atoms in total. The van der Waals surface area contributed by atoms with Gasteiger partial charge in [0.05, 0.1) is 12.8 Å². The van der Waals surface area contributed by atoms with Crippen molar-refractivity contribution in [1.82, 2.24) is 19.1 Å². The number of nitrogen functional groups attached to an aromatic ring is 1. The van der Waals surface area contributed by atoms with E-state index in [-0.39, 0.29) is 18.1 Å². The third-order valence-corrected chi connectivity index (χ3v) is 2.99. The van der Waals surface area contributed by atoms with Crippen LogP contribution in [0.3, 0.4) is 0 Å². The van der Waals surface area contributed by atoms with Gasteiger partial charge in [0, 0.05) is 18.0 Å². The minimum atomic E-state index is -0.513. The molecule has 2 aromatic heterocycles. The van der Waals surface area contributed by atoms with Crippen LogP contribution >= 0.6 is 11.5 Å². The third-order valence-electron chi connectivity index (χ3n) is 2.34. The van der Waals surface area contributed by atoms with Crippen LogP contribution in [0, 0.1) is 0 Å². The topological polar surface area (TPSA) is 95.9 Å². The van der Waals surface area contributed by atoms with Crippen molar-refractivity contribution in [2.45, 2.75) is 20.3 Å². The fraction of sp³-hybridized carbons (Fsp3) is 0.400. The maximum atomic E-state index is 11.7. The lowest BCUT2D eigenvalue weighted by Gasteiger charge is -2.03. The van der Waals surface area contributed by atoms with Gasteiger partial charge in [0.25, 0.3) is 0 Å². The van der Waals surface area contributed by atoms with Crippen molar-refractivity contribution < 1.29 is 9.53 Å². The van der Waals surface area contributed by atoms with E-state index in [1.165, 1.54) is 11.5 Å². The van der Waals surface area contributed by atoms with Crippen LogP contribution in [0.5, 0.6) is 0 Å². The fourth-order valence-electron chi connectivity index (χ4n) is 1.57. The van der Waals surface area contributed by atoms with E-state index in [0.29, 0.717) is 12.2 Å². The number of imidazole rings is 1. The minimum absolute atomic E-state index is 0.141. The molecule has 2 aromatic rings. The van der Waals surface area contributed by atoms with Crippen LogP contribution in [0.1, 0.15) is 30.2 Å². The summed E-state index contributed by atoms with van der Waals surface area (Å²) in [4.78, 5) is 15.9. The molecule has 0 aliphatic heterocycles. The summed E-state index contributed by atoms with van der Waals surface area (Å²) in [6, 6.07) is 0. The van der Waals surface area contributed by atoms with Crippen LogP contribution in [0.2, 0.25) is 0 Å². The summed E-state index contributed by atoms with van der Waals surface area (Å²) >= 11 is 1.19. The van der Waals surface area contributed by atoms with E-state index in [4.69, 9.17) is 10.5 Å². The van der Waals surface area contributed by atoms with Crippen LogP contribution in [-0.2, 0) is 11.2 Å². The van der Waals surface area contributed by atoms with Crippen molar-refractivity contribution in [1.29, 1.82) is 0 Å². The number of ether oxygens (including phenoxy) is 1. The first-order chi connectivity index (χ1) is 8.69. The van der Waals surface area contributed by atoms with E-state index < -0.39 is 5.97 Å². The van der Waals surface area contributed by atoms with Crippen molar-refractivity contribution in [3.63, 3.8) is 0 Å². The zero-order valence-electron chi connectivity index (χ0n) is 10.1. The second-order valence-electron chi connectivity index (χ2n) is 3.43. The SMILES string of the molecule is CCOC(=O)c1nc(CC)n(-c2cnns2)c1N. The smallest absolute Gasteiger partial charge is 0.360 e. The number of carbonyl (C=O) groups excluding carboxylic acids is 1. The van der Waals surface area contributed by atoms with Gasteiger partial charge >= 0.3 is 5.97 Å². The molecular formula is C10H13N5O2S. The summed E-state index contributed by atoms with van der Waals surface area (Å²) in [5.74, 6) is 0.430. The van der Waals surface area contributed by atoms with Gasteiger partial charge in [-0.15, -0.1) is 5.10 Å². The molecule has 0 fully saturated rings. The van der Waals surface area contributed by atoms with E-state index in [1.807, 2.05) is 6.92 Å². The second kappa shape index (κ2) is 5.13. The highest BCUT2D eigenvalue weighted by Gasteiger charge is 2.22. The minimum Gasteiger partial charge on any atom is -0.461 e. The van der Waals surface area contributed by atoms with Gasteiger partial charge in [-0.05, 0) is 6.92 Å². The second-order valence-corrected chi connectivity index (χ2v) is 4.19. The molecule has 0 aliphatic carbocycles. The Bertz CT molecular complexity index is 549. The molecule has 2 heterocycles. The molecule has 0 aliphatic rings. The number of aromatic nitrogens is 4. The predicted octanol–water partition coefficient (Wildman–Crippen LogP) is 1.05. The number of hydrogen-bond donors (Lipinski definition) is 1. The summed E-state index contributed by atoms with van der Waals surface area (Å²) in [5, 5.41) is 4.48. The normalized spacial score (nSPS) is 10.6. The molecule has 96 valence electrons. The summed E-state index contributed by atoms with van der Waals surface area (Å²) in [5.41, 5.74) is 6.09. The summed E-state index contributed by atoms with van der Waals surface area (Å²) in [6.07, 6.45) is 2.22. The van der Waals surface area contributed by atoms with E-state index in [1.54, 1.807) is 17.7 Å². The standard InChI is InChI=1S/C10H13N5O2S/c1-3-6-13-8(10(16)17-4-2)9(11)15(6)7-5-12-14-18-7/h5H,3-4,11H2,1-2H3. The molecule has 2 N–H and O–H groups in total. The molecule has 0 saturated heterocycles. The maximum Gasteiger partial charge on any atom is 0.360 e. The molecule has 0 unspecified atom stereocenters. The van der Waals surface area contributed by atoms with E-state index in [2.05, 4.69) is 14.6 Å². The quantitative estimate of drug-likeness (QED) is 0.832. The fourth-order valence-corrected chi connectivity index (χ4v) is 2.13. The average Bonchev–Trinajstić information content (AvgIpc) is 2.96. The molecular weight excluding hydrogens is 254 g/mol. The van der Waals surface area contributed by atoms with E-state index >= 15 is 0 Å². The number of nitrogens with zero attached hydrogens (tertiary/aromatic N) is 4. The monoisotopic (exact) mass is 267 g/mol. The molecule has 0 bridgehead atoms. The first-order valence-electron chi connectivity index (χ1n) is 5.50. The zero-order valence-corrected chi connectivity index (χ0v) is 10.9. The molecule has 0 saturated carbocycles. The van der Waals surface area contributed by atoms with Crippen LogP contribution in [0.4, 0.5) is 5.82 Å². The Balaban J connectivity index is 2.50. The number of esters is 1.